The van der Waals surface area contributed by atoms with Crippen LogP contribution in [0.2, 0.25) is 0 Å². The molecule has 15 heavy (non-hydrogen) atoms. The Morgan fingerprint density at radius 2 is 2.13 bits per heavy atom. The van der Waals surface area contributed by atoms with Crippen molar-refractivity contribution >= 4 is 16.3 Å². The van der Waals surface area contributed by atoms with E-state index in [1.807, 2.05) is 33.2 Å². The van der Waals surface area contributed by atoms with E-state index in [-0.39, 0.29) is 0 Å². The first kappa shape index (κ1) is 10.1. The van der Waals surface area contributed by atoms with E-state index in [4.69, 9.17) is 0 Å². The van der Waals surface area contributed by atoms with E-state index in [2.05, 4.69) is 21.4 Å². The predicted octanol–water partition coefficient (Wildman–Crippen LogP) is 2.86. The van der Waals surface area contributed by atoms with Crippen LogP contribution in [0.25, 0.3) is 10.6 Å². The Morgan fingerprint density at radius 1 is 1.33 bits per heavy atom. The number of hydrogen-bond acceptors (Lipinski definition) is 4. The lowest BCUT2D eigenvalue weighted by Crippen LogP contribution is -1.85. The van der Waals surface area contributed by atoms with E-state index < -0.39 is 0 Å². The number of aromatic nitrogens is 2. The maximum Gasteiger partial charge on any atom is 0.125 e. The Balaban J connectivity index is 2.45. The van der Waals surface area contributed by atoms with Crippen molar-refractivity contribution in [2.24, 2.45) is 0 Å². The van der Waals surface area contributed by atoms with Gasteiger partial charge >= 0.3 is 0 Å². The van der Waals surface area contributed by atoms with Crippen LogP contribution < -0.4 is 5.32 Å². The lowest BCUT2D eigenvalue weighted by Gasteiger charge is -1.96. The fourth-order valence-electron chi connectivity index (χ4n) is 1.43. The molecule has 1 N–H and O–H groups in total. The molecule has 2 aromatic rings. The molecule has 0 aliphatic carbocycles. The molecule has 78 valence electrons. The molecule has 0 saturated heterocycles. The summed E-state index contributed by atoms with van der Waals surface area (Å²) in [6.45, 7) is 4.00. The first-order chi connectivity index (χ1) is 7.20. The first-order valence-electron chi connectivity index (χ1n) is 4.79. The summed E-state index contributed by atoms with van der Waals surface area (Å²) in [4.78, 5) is 8.70. The average molecular weight is 219 g/mol. The third-order valence-corrected chi connectivity index (χ3v) is 3.39. The molecule has 0 saturated carbocycles. The van der Waals surface area contributed by atoms with Crippen molar-refractivity contribution in [2.45, 2.75) is 13.8 Å². The zero-order valence-electron chi connectivity index (χ0n) is 9.03. The lowest BCUT2D eigenvalue weighted by molar-refractivity contribution is 1.19. The van der Waals surface area contributed by atoms with E-state index in [0.29, 0.717) is 0 Å². The second-order valence-corrected chi connectivity index (χ2v) is 4.37. The van der Waals surface area contributed by atoms with Crippen LogP contribution in [0.1, 0.15) is 11.4 Å². The zero-order valence-corrected chi connectivity index (χ0v) is 9.85. The van der Waals surface area contributed by atoms with Crippen molar-refractivity contribution in [3.05, 3.63) is 29.7 Å². The fourth-order valence-corrected chi connectivity index (χ4v) is 2.35. The largest absolute Gasteiger partial charge is 0.378 e. The van der Waals surface area contributed by atoms with Gasteiger partial charge in [-0.05, 0) is 26.0 Å². The van der Waals surface area contributed by atoms with Gasteiger partial charge in [0.2, 0.25) is 0 Å². The predicted molar refractivity (Wildman–Crippen MR) is 64.4 cm³/mol. The third-order valence-electron chi connectivity index (χ3n) is 2.17. The molecule has 2 aromatic heterocycles. The summed E-state index contributed by atoms with van der Waals surface area (Å²) in [5, 5.41) is 5.31. The van der Waals surface area contributed by atoms with E-state index >= 15 is 0 Å². The van der Waals surface area contributed by atoms with Gasteiger partial charge in [-0.1, -0.05) is 11.3 Å². The minimum absolute atomic E-state index is 1.02. The van der Waals surface area contributed by atoms with Crippen LogP contribution in [0.15, 0.2) is 18.3 Å². The van der Waals surface area contributed by atoms with Crippen molar-refractivity contribution in [3.8, 4) is 10.6 Å². The SMILES string of the molecule is CNc1sc(-c2ccnc(C)c2)nc1C. The maximum absolute atomic E-state index is 4.52. The summed E-state index contributed by atoms with van der Waals surface area (Å²) < 4.78 is 0. The van der Waals surface area contributed by atoms with Gasteiger partial charge in [0.1, 0.15) is 10.0 Å². The Morgan fingerprint density at radius 3 is 2.73 bits per heavy atom. The molecule has 2 rings (SSSR count). The number of rotatable bonds is 2. The van der Waals surface area contributed by atoms with E-state index in [1.165, 1.54) is 0 Å². The van der Waals surface area contributed by atoms with Gasteiger partial charge in [0.25, 0.3) is 0 Å². The summed E-state index contributed by atoms with van der Waals surface area (Å²) >= 11 is 1.67. The van der Waals surface area contributed by atoms with E-state index in [0.717, 1.165) is 27.0 Å². The topological polar surface area (TPSA) is 37.8 Å². The molecule has 0 spiro atoms. The number of hydrogen-bond donors (Lipinski definition) is 1. The third kappa shape index (κ3) is 1.99. The normalized spacial score (nSPS) is 10.3. The molecule has 0 bridgehead atoms. The number of nitrogens with one attached hydrogen (secondary N) is 1. The van der Waals surface area contributed by atoms with Crippen LogP contribution in [0.5, 0.6) is 0 Å². The quantitative estimate of drug-likeness (QED) is 0.844. The van der Waals surface area contributed by atoms with Crippen molar-refractivity contribution in [1.82, 2.24) is 9.97 Å². The lowest BCUT2D eigenvalue weighted by atomic mass is 10.2. The van der Waals surface area contributed by atoms with Gasteiger partial charge in [-0.25, -0.2) is 4.98 Å². The van der Waals surface area contributed by atoms with Crippen molar-refractivity contribution < 1.29 is 0 Å². The summed E-state index contributed by atoms with van der Waals surface area (Å²) in [5.41, 5.74) is 3.20. The summed E-state index contributed by atoms with van der Waals surface area (Å²) in [7, 11) is 1.92. The molecule has 0 aliphatic rings. The highest BCUT2D eigenvalue weighted by atomic mass is 32.1. The minimum Gasteiger partial charge on any atom is -0.378 e. The second kappa shape index (κ2) is 3.98. The van der Waals surface area contributed by atoms with Gasteiger partial charge in [0.15, 0.2) is 0 Å². The standard InChI is InChI=1S/C11H13N3S/c1-7-6-9(4-5-13-7)11-14-8(2)10(12-3)15-11/h4-6,12H,1-3H3. The van der Waals surface area contributed by atoms with Crippen LogP contribution in [-0.2, 0) is 0 Å². The molecule has 0 radical (unpaired) electrons. The molecule has 0 atom stereocenters. The second-order valence-electron chi connectivity index (χ2n) is 3.37. The van der Waals surface area contributed by atoms with Gasteiger partial charge in [-0.2, -0.15) is 0 Å². The zero-order chi connectivity index (χ0) is 10.8. The summed E-state index contributed by atoms with van der Waals surface area (Å²) in [6, 6.07) is 4.04. The summed E-state index contributed by atoms with van der Waals surface area (Å²) in [6.07, 6.45) is 1.82. The minimum atomic E-state index is 1.02. The van der Waals surface area contributed by atoms with Gasteiger partial charge in [-0.15, -0.1) is 0 Å². The van der Waals surface area contributed by atoms with Crippen LogP contribution in [0.4, 0.5) is 5.00 Å². The molecule has 0 aromatic carbocycles. The van der Waals surface area contributed by atoms with Crippen molar-refractivity contribution in [3.63, 3.8) is 0 Å². The number of nitrogens with zero attached hydrogens (tertiary/aromatic N) is 2. The Hall–Kier alpha value is -1.42. The molecule has 4 heteroatoms. The van der Waals surface area contributed by atoms with Crippen LogP contribution >= 0.6 is 11.3 Å². The molecule has 2 heterocycles. The Kier molecular flexibility index (Phi) is 2.68. The number of pyridine rings is 1. The molecule has 0 unspecified atom stereocenters. The number of aryl methyl sites for hydroxylation is 2. The number of anilines is 1. The fraction of sp³-hybridized carbons (Fsp3) is 0.273. The highest BCUT2D eigenvalue weighted by molar-refractivity contribution is 7.19. The average Bonchev–Trinajstić information content (AvgIpc) is 2.60. The first-order valence-corrected chi connectivity index (χ1v) is 5.60. The molecular weight excluding hydrogens is 206 g/mol. The molecule has 0 amide bonds. The highest BCUT2D eigenvalue weighted by Gasteiger charge is 2.07. The summed E-state index contributed by atoms with van der Waals surface area (Å²) in [5.74, 6) is 0. The van der Waals surface area contributed by atoms with Crippen LogP contribution in [0, 0.1) is 13.8 Å². The monoisotopic (exact) mass is 219 g/mol. The van der Waals surface area contributed by atoms with E-state index in [1.54, 1.807) is 11.3 Å². The molecule has 0 fully saturated rings. The Labute approximate surface area is 93.2 Å². The molecular formula is C11H13N3S. The van der Waals surface area contributed by atoms with Crippen LogP contribution in [-0.4, -0.2) is 17.0 Å². The molecule has 3 nitrogen and oxygen atoms in total. The maximum atomic E-state index is 4.52. The number of thiazole rings is 1. The van der Waals surface area contributed by atoms with Crippen LogP contribution in [0.3, 0.4) is 0 Å². The molecule has 0 aliphatic heterocycles. The van der Waals surface area contributed by atoms with Crippen molar-refractivity contribution in [2.75, 3.05) is 12.4 Å². The van der Waals surface area contributed by atoms with Gasteiger partial charge in [0, 0.05) is 24.5 Å². The smallest absolute Gasteiger partial charge is 0.125 e. The van der Waals surface area contributed by atoms with Crippen molar-refractivity contribution in [1.29, 1.82) is 0 Å². The van der Waals surface area contributed by atoms with E-state index in [9.17, 15) is 0 Å². The highest BCUT2D eigenvalue weighted by Crippen LogP contribution is 2.31. The van der Waals surface area contributed by atoms with Gasteiger partial charge in [0.05, 0.1) is 5.69 Å². The Bertz CT molecular complexity index is 476. The van der Waals surface area contributed by atoms with Gasteiger partial charge in [-0.3, -0.25) is 4.98 Å². The van der Waals surface area contributed by atoms with Gasteiger partial charge < -0.3 is 5.32 Å².